The van der Waals surface area contributed by atoms with Crippen LogP contribution in [0, 0.1) is 10.1 Å². The molecule has 0 aliphatic rings. The Labute approximate surface area is 105 Å². The summed E-state index contributed by atoms with van der Waals surface area (Å²) in [6.45, 7) is 3.18. The van der Waals surface area contributed by atoms with Crippen LogP contribution in [-0.4, -0.2) is 24.7 Å². The van der Waals surface area contributed by atoms with E-state index in [4.69, 9.17) is 16.3 Å². The van der Waals surface area contributed by atoms with E-state index in [1.165, 1.54) is 12.1 Å². The van der Waals surface area contributed by atoms with Crippen molar-refractivity contribution in [2.24, 2.45) is 0 Å². The van der Waals surface area contributed by atoms with Gasteiger partial charge in [-0.25, -0.2) is 0 Å². The van der Waals surface area contributed by atoms with Crippen molar-refractivity contribution in [2.45, 2.75) is 19.6 Å². The summed E-state index contributed by atoms with van der Waals surface area (Å²) in [5.74, 6) is 0. The SMILES string of the molecule is COC(C)CNCc1ccc(Cl)c([N+](=O)[O-])c1. The van der Waals surface area contributed by atoms with E-state index >= 15 is 0 Å². The van der Waals surface area contributed by atoms with Gasteiger partial charge in [0.05, 0.1) is 11.0 Å². The molecular weight excluding hydrogens is 244 g/mol. The number of hydrogen-bond donors (Lipinski definition) is 1. The Morgan fingerprint density at radius 2 is 2.29 bits per heavy atom. The van der Waals surface area contributed by atoms with E-state index in [1.54, 1.807) is 13.2 Å². The van der Waals surface area contributed by atoms with Crippen LogP contribution in [0.15, 0.2) is 18.2 Å². The zero-order valence-electron chi connectivity index (χ0n) is 9.77. The Morgan fingerprint density at radius 1 is 1.59 bits per heavy atom. The van der Waals surface area contributed by atoms with Crippen LogP contribution in [0.25, 0.3) is 0 Å². The molecule has 1 N–H and O–H groups in total. The monoisotopic (exact) mass is 258 g/mol. The van der Waals surface area contributed by atoms with Gasteiger partial charge in [-0.3, -0.25) is 10.1 Å². The number of rotatable bonds is 6. The Hall–Kier alpha value is -1.17. The number of nitrogens with one attached hydrogen (secondary N) is 1. The molecule has 0 saturated carbocycles. The van der Waals surface area contributed by atoms with E-state index in [-0.39, 0.29) is 16.8 Å². The lowest BCUT2D eigenvalue weighted by Crippen LogP contribution is -2.25. The minimum atomic E-state index is -0.483. The Bertz CT molecular complexity index is 398. The Balaban J connectivity index is 2.60. The largest absolute Gasteiger partial charge is 0.380 e. The van der Waals surface area contributed by atoms with Gasteiger partial charge >= 0.3 is 0 Å². The zero-order valence-corrected chi connectivity index (χ0v) is 10.5. The fraction of sp³-hybridized carbons (Fsp3) is 0.455. The molecule has 0 heterocycles. The highest BCUT2D eigenvalue weighted by molar-refractivity contribution is 6.32. The van der Waals surface area contributed by atoms with Gasteiger partial charge in [0.1, 0.15) is 5.02 Å². The Kier molecular flexibility index (Phi) is 5.34. The molecule has 1 unspecified atom stereocenters. The summed E-state index contributed by atoms with van der Waals surface area (Å²) in [6, 6.07) is 4.78. The van der Waals surface area contributed by atoms with Crippen molar-refractivity contribution in [2.75, 3.05) is 13.7 Å². The van der Waals surface area contributed by atoms with Crippen LogP contribution in [0.5, 0.6) is 0 Å². The van der Waals surface area contributed by atoms with Crippen LogP contribution >= 0.6 is 11.6 Å². The van der Waals surface area contributed by atoms with Crippen LogP contribution in [0.4, 0.5) is 5.69 Å². The summed E-state index contributed by atoms with van der Waals surface area (Å²) in [4.78, 5) is 10.2. The van der Waals surface area contributed by atoms with Crippen LogP contribution in [0.2, 0.25) is 5.02 Å². The first-order chi connectivity index (χ1) is 8.04. The van der Waals surface area contributed by atoms with Crippen molar-refractivity contribution < 1.29 is 9.66 Å². The summed E-state index contributed by atoms with van der Waals surface area (Å²) in [7, 11) is 1.64. The third-order valence-electron chi connectivity index (χ3n) is 2.37. The maximum Gasteiger partial charge on any atom is 0.288 e. The molecule has 0 fully saturated rings. The predicted octanol–water partition coefficient (Wildman–Crippen LogP) is 2.37. The van der Waals surface area contributed by atoms with E-state index in [0.717, 1.165) is 5.56 Å². The first-order valence-corrected chi connectivity index (χ1v) is 5.58. The van der Waals surface area contributed by atoms with Gasteiger partial charge in [-0.05, 0) is 18.6 Å². The predicted molar refractivity (Wildman–Crippen MR) is 66.3 cm³/mol. The van der Waals surface area contributed by atoms with Crippen molar-refractivity contribution in [1.82, 2.24) is 5.32 Å². The molecule has 17 heavy (non-hydrogen) atoms. The van der Waals surface area contributed by atoms with E-state index in [2.05, 4.69) is 5.32 Å². The second-order valence-corrected chi connectivity index (χ2v) is 4.13. The van der Waals surface area contributed by atoms with Crippen molar-refractivity contribution in [1.29, 1.82) is 0 Å². The number of benzene rings is 1. The minimum absolute atomic E-state index is 0.0641. The van der Waals surface area contributed by atoms with E-state index in [9.17, 15) is 10.1 Å². The van der Waals surface area contributed by atoms with E-state index in [0.29, 0.717) is 13.1 Å². The summed E-state index contributed by atoms with van der Waals surface area (Å²) in [5, 5.41) is 14.0. The molecule has 0 bridgehead atoms. The summed E-state index contributed by atoms with van der Waals surface area (Å²) in [5.41, 5.74) is 0.759. The molecule has 0 radical (unpaired) electrons. The quantitative estimate of drug-likeness (QED) is 0.628. The highest BCUT2D eigenvalue weighted by Crippen LogP contribution is 2.24. The molecule has 0 aliphatic heterocycles. The molecule has 0 amide bonds. The topological polar surface area (TPSA) is 64.4 Å². The second kappa shape index (κ2) is 6.54. The standard InChI is InChI=1S/C11H15ClN2O3/c1-8(17-2)6-13-7-9-3-4-10(12)11(5-9)14(15)16/h3-5,8,13H,6-7H2,1-2H3. The van der Waals surface area contributed by atoms with Gasteiger partial charge in [-0.15, -0.1) is 0 Å². The van der Waals surface area contributed by atoms with Crippen LogP contribution in [0.1, 0.15) is 12.5 Å². The van der Waals surface area contributed by atoms with Gasteiger partial charge in [-0.2, -0.15) is 0 Å². The third-order valence-corrected chi connectivity index (χ3v) is 2.69. The smallest absolute Gasteiger partial charge is 0.288 e. The first kappa shape index (κ1) is 13.9. The minimum Gasteiger partial charge on any atom is -0.380 e. The molecular formula is C11H15ClN2O3. The number of methoxy groups -OCH3 is 1. The van der Waals surface area contributed by atoms with Crippen molar-refractivity contribution in [3.8, 4) is 0 Å². The normalized spacial score (nSPS) is 12.4. The molecule has 1 aromatic rings. The van der Waals surface area contributed by atoms with Gasteiger partial charge in [-0.1, -0.05) is 17.7 Å². The average molecular weight is 259 g/mol. The van der Waals surface area contributed by atoms with Crippen LogP contribution in [-0.2, 0) is 11.3 Å². The molecule has 1 rings (SSSR count). The highest BCUT2D eigenvalue weighted by Gasteiger charge is 2.12. The zero-order chi connectivity index (χ0) is 12.8. The maximum atomic E-state index is 10.7. The number of nitro benzene ring substituents is 1. The van der Waals surface area contributed by atoms with Gasteiger partial charge in [0, 0.05) is 26.3 Å². The number of halogens is 1. The molecule has 0 spiro atoms. The summed E-state index contributed by atoms with van der Waals surface area (Å²) >= 11 is 5.72. The summed E-state index contributed by atoms with van der Waals surface area (Å²) in [6.07, 6.45) is 0.109. The maximum absolute atomic E-state index is 10.7. The molecule has 1 atom stereocenters. The van der Waals surface area contributed by atoms with Gasteiger partial charge < -0.3 is 10.1 Å². The fourth-order valence-electron chi connectivity index (χ4n) is 1.31. The molecule has 6 heteroatoms. The average Bonchev–Trinajstić information content (AvgIpc) is 2.30. The van der Waals surface area contributed by atoms with Gasteiger partial charge in [0.2, 0.25) is 0 Å². The third kappa shape index (κ3) is 4.30. The lowest BCUT2D eigenvalue weighted by molar-refractivity contribution is -0.384. The lowest BCUT2D eigenvalue weighted by atomic mass is 10.2. The molecule has 5 nitrogen and oxygen atoms in total. The number of nitro groups is 1. The number of nitrogens with zero attached hydrogens (tertiary/aromatic N) is 1. The molecule has 0 aliphatic carbocycles. The van der Waals surface area contributed by atoms with E-state index < -0.39 is 4.92 Å². The van der Waals surface area contributed by atoms with Gasteiger partial charge in [0.25, 0.3) is 5.69 Å². The van der Waals surface area contributed by atoms with Crippen molar-refractivity contribution in [3.63, 3.8) is 0 Å². The number of hydrogen-bond acceptors (Lipinski definition) is 4. The van der Waals surface area contributed by atoms with Gasteiger partial charge in [0.15, 0.2) is 0 Å². The van der Waals surface area contributed by atoms with Crippen molar-refractivity contribution in [3.05, 3.63) is 38.9 Å². The lowest BCUT2D eigenvalue weighted by Gasteiger charge is -2.10. The van der Waals surface area contributed by atoms with Crippen LogP contribution in [0.3, 0.4) is 0 Å². The highest BCUT2D eigenvalue weighted by atomic mass is 35.5. The molecule has 1 aromatic carbocycles. The van der Waals surface area contributed by atoms with E-state index in [1.807, 2.05) is 6.92 Å². The number of ether oxygens (including phenoxy) is 1. The molecule has 94 valence electrons. The molecule has 0 aromatic heterocycles. The van der Waals surface area contributed by atoms with Crippen LogP contribution < -0.4 is 5.32 Å². The Morgan fingerprint density at radius 3 is 2.88 bits per heavy atom. The fourth-order valence-corrected chi connectivity index (χ4v) is 1.50. The molecule has 0 saturated heterocycles. The first-order valence-electron chi connectivity index (χ1n) is 5.21. The van der Waals surface area contributed by atoms with Crippen molar-refractivity contribution >= 4 is 17.3 Å². The summed E-state index contributed by atoms with van der Waals surface area (Å²) < 4.78 is 5.08. The second-order valence-electron chi connectivity index (χ2n) is 3.72.